The summed E-state index contributed by atoms with van der Waals surface area (Å²) in [5.74, 6) is 4.91. The normalized spacial score (nSPS) is 11.4. The van der Waals surface area contributed by atoms with Crippen molar-refractivity contribution in [3.05, 3.63) is 72.8 Å². The van der Waals surface area contributed by atoms with Gasteiger partial charge in [0.1, 0.15) is 37.9 Å². The first-order valence-electron chi connectivity index (χ1n) is 34.7. The maximum Gasteiger partial charge on any atom is 0.244 e. The molecular weight excluding hydrogens is 1020 g/mol. The summed E-state index contributed by atoms with van der Waals surface area (Å²) in [5.41, 5.74) is 2.35. The van der Waals surface area contributed by atoms with Gasteiger partial charge in [-0.05, 0) is 75.6 Å². The quantitative estimate of drug-likeness (QED) is 0.0324. The molecule has 0 saturated carbocycles. The molecule has 0 aliphatic carbocycles. The number of imidazole rings is 2. The molecule has 0 saturated heterocycles. The molecule has 0 aliphatic rings. The fourth-order valence-corrected chi connectivity index (χ4v) is 10.9. The van der Waals surface area contributed by atoms with Crippen LogP contribution in [0.1, 0.15) is 297 Å². The highest BCUT2D eigenvalue weighted by molar-refractivity contribution is 5.55. The van der Waals surface area contributed by atoms with Crippen LogP contribution in [0.3, 0.4) is 0 Å². The third kappa shape index (κ3) is 32.1. The second-order valence-corrected chi connectivity index (χ2v) is 23.9. The van der Waals surface area contributed by atoms with Crippen LogP contribution in [0.4, 0.5) is 0 Å². The average Bonchev–Trinajstić information content (AvgIpc) is 4.26. The van der Waals surface area contributed by atoms with Gasteiger partial charge >= 0.3 is 0 Å². The maximum atomic E-state index is 6.64. The van der Waals surface area contributed by atoms with Gasteiger partial charge in [0.2, 0.25) is 24.2 Å². The van der Waals surface area contributed by atoms with Gasteiger partial charge in [-0.1, -0.05) is 234 Å². The molecule has 0 amide bonds. The maximum absolute atomic E-state index is 6.64. The zero-order valence-corrected chi connectivity index (χ0v) is 54.0. The molecule has 10 heteroatoms. The van der Waals surface area contributed by atoms with E-state index in [4.69, 9.17) is 28.4 Å². The number of unbranched alkanes of at least 4 members (excludes halogenated alkanes) is 31. The SMILES string of the molecule is CCCCCCCCOc1cc(C[n+]2ccn(CCCCn3cc[n+](Cc4cc(OCCCCCCCC)c(OCCCCCCCC)c(OCCCCCCCC)c4)c3)c2)cc(OCCCCCCCC)c1OCCCCCCCC. The van der Waals surface area contributed by atoms with Crippen molar-refractivity contribution in [2.45, 2.75) is 312 Å². The molecule has 82 heavy (non-hydrogen) atoms. The Hall–Kier alpha value is -4.34. The molecule has 0 aliphatic heterocycles. The van der Waals surface area contributed by atoms with E-state index in [1.807, 2.05) is 0 Å². The van der Waals surface area contributed by atoms with Gasteiger partial charge in [-0.2, -0.15) is 0 Å². The summed E-state index contributed by atoms with van der Waals surface area (Å²) in [7, 11) is 0. The zero-order chi connectivity index (χ0) is 58.2. The van der Waals surface area contributed by atoms with Crippen LogP contribution in [0, 0.1) is 0 Å². The molecule has 4 rings (SSSR count). The third-order valence-electron chi connectivity index (χ3n) is 16.0. The molecule has 0 spiro atoms. The lowest BCUT2D eigenvalue weighted by atomic mass is 10.1. The fraction of sp³-hybridized carbons (Fsp3) is 0.750. The molecular formula is C72H124N4O6+2. The van der Waals surface area contributed by atoms with Crippen LogP contribution < -0.4 is 37.6 Å². The van der Waals surface area contributed by atoms with Gasteiger partial charge in [0.15, 0.2) is 23.0 Å². The van der Waals surface area contributed by atoms with Gasteiger partial charge in [-0.25, -0.2) is 18.3 Å². The Morgan fingerprint density at radius 1 is 0.280 bits per heavy atom. The molecule has 466 valence electrons. The number of aryl methyl sites for hydroxylation is 2. The molecule has 0 atom stereocenters. The summed E-state index contributed by atoms with van der Waals surface area (Å²) in [6.45, 7) is 21.2. The first-order chi connectivity index (χ1) is 40.5. The van der Waals surface area contributed by atoms with Crippen LogP contribution in [0.25, 0.3) is 0 Å². The highest BCUT2D eigenvalue weighted by atomic mass is 16.5. The third-order valence-corrected chi connectivity index (χ3v) is 16.0. The second kappa shape index (κ2) is 48.0. The summed E-state index contributed by atoms with van der Waals surface area (Å²) in [6.07, 6.45) is 59.9. The second-order valence-electron chi connectivity index (χ2n) is 23.9. The minimum atomic E-state index is 0.685. The number of ether oxygens (including phenoxy) is 6. The van der Waals surface area contributed by atoms with Crippen molar-refractivity contribution in [3.8, 4) is 34.5 Å². The average molecular weight is 1140 g/mol. The first-order valence-corrected chi connectivity index (χ1v) is 34.7. The minimum absolute atomic E-state index is 0.685. The van der Waals surface area contributed by atoms with Gasteiger partial charge in [0.05, 0.1) is 52.7 Å². The Kier molecular flexibility index (Phi) is 41.0. The largest absolute Gasteiger partial charge is 0.490 e. The topological polar surface area (TPSA) is 73.0 Å². The van der Waals surface area contributed by atoms with Gasteiger partial charge < -0.3 is 28.4 Å². The lowest BCUT2D eigenvalue weighted by Gasteiger charge is -2.19. The van der Waals surface area contributed by atoms with Gasteiger partial charge in [0.25, 0.3) is 0 Å². The van der Waals surface area contributed by atoms with Gasteiger partial charge in [0, 0.05) is 11.1 Å². The highest BCUT2D eigenvalue weighted by Crippen LogP contribution is 2.41. The zero-order valence-electron chi connectivity index (χ0n) is 54.0. The monoisotopic (exact) mass is 1140 g/mol. The van der Waals surface area contributed by atoms with Crippen molar-refractivity contribution in [2.24, 2.45) is 0 Å². The molecule has 2 aromatic carbocycles. The van der Waals surface area contributed by atoms with Gasteiger partial charge in [-0.15, -0.1) is 0 Å². The standard InChI is InChI=1S/C72H124N4O6/c1-7-13-19-25-31-39-51-77-67-57-65(58-68(78-52-40-32-26-20-14-8-2)71(67)81-55-43-35-29-23-17-11-5)61-75-49-47-73(63-75)45-37-38-46-74-48-50-76(64-74)62-66-59-69(79-53-41-33-27-21-15-9-3)72(82-56-44-36-30-24-18-12-6)70(60-66)80-54-42-34-28-22-16-10-4/h47-50,57-60,63-64H,7-46,51-56,61-62H2,1-6H3/q+2. The van der Waals surface area contributed by atoms with E-state index in [2.05, 4.69) is 122 Å². The first kappa shape index (κ1) is 70.1. The molecule has 4 aromatic rings. The molecule has 0 fully saturated rings. The van der Waals surface area contributed by atoms with Crippen molar-refractivity contribution in [2.75, 3.05) is 39.6 Å². The van der Waals surface area contributed by atoms with E-state index >= 15 is 0 Å². The molecule has 0 N–H and O–H groups in total. The fourth-order valence-electron chi connectivity index (χ4n) is 10.9. The van der Waals surface area contributed by atoms with E-state index in [1.54, 1.807) is 0 Å². The van der Waals surface area contributed by atoms with Crippen LogP contribution in [-0.2, 0) is 26.2 Å². The van der Waals surface area contributed by atoms with Crippen LogP contribution in [0.15, 0.2) is 61.7 Å². The molecule has 0 bridgehead atoms. The van der Waals surface area contributed by atoms with E-state index in [0.717, 1.165) is 112 Å². The number of aromatic nitrogens is 4. The van der Waals surface area contributed by atoms with E-state index in [1.165, 1.54) is 204 Å². The van der Waals surface area contributed by atoms with E-state index < -0.39 is 0 Å². The van der Waals surface area contributed by atoms with Crippen molar-refractivity contribution >= 4 is 0 Å². The lowest BCUT2D eigenvalue weighted by molar-refractivity contribution is -0.688. The Bertz CT molecular complexity index is 1890. The number of nitrogens with zero attached hydrogens (tertiary/aromatic N) is 4. The molecule has 2 heterocycles. The summed E-state index contributed by atoms with van der Waals surface area (Å²) in [5, 5.41) is 0. The minimum Gasteiger partial charge on any atom is -0.490 e. The van der Waals surface area contributed by atoms with Gasteiger partial charge in [-0.3, -0.25) is 0 Å². The van der Waals surface area contributed by atoms with Crippen molar-refractivity contribution in [1.82, 2.24) is 9.13 Å². The summed E-state index contributed by atoms with van der Waals surface area (Å²) in [4.78, 5) is 0. The number of rotatable bonds is 57. The van der Waals surface area contributed by atoms with Crippen LogP contribution in [-0.4, -0.2) is 48.8 Å². The Morgan fingerprint density at radius 2 is 0.512 bits per heavy atom. The lowest BCUT2D eigenvalue weighted by Crippen LogP contribution is -2.31. The number of benzene rings is 2. The predicted octanol–water partition coefficient (Wildman–Crippen LogP) is 19.9. The molecule has 2 aromatic heterocycles. The molecule has 0 unspecified atom stereocenters. The Balaban J connectivity index is 1.41. The smallest absolute Gasteiger partial charge is 0.244 e. The summed E-state index contributed by atoms with van der Waals surface area (Å²) in [6, 6.07) is 8.87. The van der Waals surface area contributed by atoms with Crippen molar-refractivity contribution in [3.63, 3.8) is 0 Å². The molecule has 0 radical (unpaired) electrons. The summed E-state index contributed by atoms with van der Waals surface area (Å²) >= 11 is 0. The van der Waals surface area contributed by atoms with E-state index in [-0.39, 0.29) is 0 Å². The highest BCUT2D eigenvalue weighted by Gasteiger charge is 2.20. The van der Waals surface area contributed by atoms with Crippen LogP contribution >= 0.6 is 0 Å². The van der Waals surface area contributed by atoms with E-state index in [0.29, 0.717) is 39.6 Å². The van der Waals surface area contributed by atoms with Crippen molar-refractivity contribution < 1.29 is 37.6 Å². The number of hydrogen-bond donors (Lipinski definition) is 0. The van der Waals surface area contributed by atoms with Crippen LogP contribution in [0.5, 0.6) is 34.5 Å². The Morgan fingerprint density at radius 3 is 0.768 bits per heavy atom. The summed E-state index contributed by atoms with van der Waals surface area (Å²) < 4.78 is 49.1. The predicted molar refractivity (Wildman–Crippen MR) is 343 cm³/mol. The molecule has 10 nitrogen and oxygen atoms in total. The van der Waals surface area contributed by atoms with E-state index in [9.17, 15) is 0 Å². The van der Waals surface area contributed by atoms with Crippen molar-refractivity contribution in [1.29, 1.82) is 0 Å². The Labute approximate surface area is 503 Å². The number of hydrogen-bond acceptors (Lipinski definition) is 6. The van der Waals surface area contributed by atoms with Crippen LogP contribution in [0.2, 0.25) is 0 Å².